The molecule has 0 unspecified atom stereocenters. The highest BCUT2D eigenvalue weighted by molar-refractivity contribution is 5.95. The predicted molar refractivity (Wildman–Crippen MR) is 76.6 cm³/mol. The molecular formula is C16H24NO2+. The van der Waals surface area contributed by atoms with E-state index < -0.39 is 0 Å². The molecule has 3 nitrogen and oxygen atoms in total. The van der Waals surface area contributed by atoms with Crippen LogP contribution < -0.4 is 4.74 Å². The van der Waals surface area contributed by atoms with Gasteiger partial charge < -0.3 is 9.22 Å². The van der Waals surface area contributed by atoms with E-state index in [0.717, 1.165) is 28.9 Å². The van der Waals surface area contributed by atoms with Crippen LogP contribution in [0.15, 0.2) is 24.3 Å². The molecule has 2 rings (SSSR count). The quantitative estimate of drug-likeness (QED) is 0.582. The molecule has 1 aromatic rings. The van der Waals surface area contributed by atoms with Crippen LogP contribution in [-0.4, -0.2) is 43.6 Å². The minimum absolute atomic E-state index is 0.182. The van der Waals surface area contributed by atoms with Crippen LogP contribution in [0.25, 0.3) is 0 Å². The van der Waals surface area contributed by atoms with Gasteiger partial charge in [0.15, 0.2) is 5.78 Å². The average molecular weight is 262 g/mol. The molecular weight excluding hydrogens is 238 g/mol. The molecule has 0 spiro atoms. The molecule has 0 aliphatic carbocycles. The summed E-state index contributed by atoms with van der Waals surface area (Å²) in [5.41, 5.74) is 0.772. The maximum Gasteiger partial charge on any atom is 0.162 e. The lowest BCUT2D eigenvalue weighted by atomic mass is 10.1. The fourth-order valence-corrected chi connectivity index (χ4v) is 2.65. The van der Waals surface area contributed by atoms with Crippen LogP contribution in [0.5, 0.6) is 5.75 Å². The Morgan fingerprint density at radius 3 is 2.42 bits per heavy atom. The Balaban J connectivity index is 1.81. The van der Waals surface area contributed by atoms with Gasteiger partial charge in [0.05, 0.1) is 20.1 Å². The first-order valence-corrected chi connectivity index (χ1v) is 7.22. The van der Waals surface area contributed by atoms with E-state index in [0.29, 0.717) is 6.42 Å². The SMILES string of the molecule is CCC(=O)c1ccc(OCC[N+]2(C)CCCC2)cc1. The lowest BCUT2D eigenvalue weighted by molar-refractivity contribution is -0.897. The summed E-state index contributed by atoms with van der Waals surface area (Å²) in [6, 6.07) is 7.50. The van der Waals surface area contributed by atoms with Gasteiger partial charge in [-0.25, -0.2) is 0 Å². The number of ether oxygens (including phenoxy) is 1. The minimum Gasteiger partial charge on any atom is -0.488 e. The van der Waals surface area contributed by atoms with E-state index in [2.05, 4.69) is 7.05 Å². The molecule has 1 fully saturated rings. The second-order valence-corrected chi connectivity index (χ2v) is 5.65. The zero-order valence-electron chi connectivity index (χ0n) is 12.0. The summed E-state index contributed by atoms with van der Waals surface area (Å²) >= 11 is 0. The van der Waals surface area contributed by atoms with Gasteiger partial charge >= 0.3 is 0 Å². The highest BCUT2D eigenvalue weighted by atomic mass is 16.5. The molecule has 0 N–H and O–H groups in total. The molecule has 1 saturated heterocycles. The normalized spacial score (nSPS) is 17.4. The van der Waals surface area contributed by atoms with Crippen LogP contribution in [0.1, 0.15) is 36.5 Å². The van der Waals surface area contributed by atoms with E-state index in [1.807, 2.05) is 31.2 Å². The summed E-state index contributed by atoms with van der Waals surface area (Å²) in [5, 5.41) is 0. The highest BCUT2D eigenvalue weighted by Gasteiger charge is 2.26. The number of carbonyl (C=O) groups excluding carboxylic acids is 1. The van der Waals surface area contributed by atoms with Crippen molar-refractivity contribution in [2.24, 2.45) is 0 Å². The number of Topliss-reactive ketones (excluding diaryl/α,β-unsaturated/α-hetero) is 1. The van der Waals surface area contributed by atoms with Crippen LogP contribution in [-0.2, 0) is 0 Å². The maximum absolute atomic E-state index is 11.5. The van der Waals surface area contributed by atoms with E-state index >= 15 is 0 Å². The molecule has 0 atom stereocenters. The molecule has 0 aromatic heterocycles. The molecule has 1 aliphatic heterocycles. The molecule has 3 heteroatoms. The summed E-state index contributed by atoms with van der Waals surface area (Å²) in [5.74, 6) is 1.04. The number of hydrogen-bond donors (Lipinski definition) is 0. The molecule has 0 amide bonds. The Labute approximate surface area is 115 Å². The van der Waals surface area contributed by atoms with Crippen molar-refractivity contribution in [2.45, 2.75) is 26.2 Å². The molecule has 1 heterocycles. The number of likely N-dealkylation sites (N-methyl/N-ethyl adjacent to an activating group) is 1. The lowest BCUT2D eigenvalue weighted by Gasteiger charge is -2.28. The molecule has 0 radical (unpaired) electrons. The first-order valence-electron chi connectivity index (χ1n) is 7.22. The summed E-state index contributed by atoms with van der Waals surface area (Å²) in [4.78, 5) is 11.5. The van der Waals surface area contributed by atoms with Crippen molar-refractivity contribution in [2.75, 3.05) is 33.3 Å². The van der Waals surface area contributed by atoms with Crippen molar-refractivity contribution in [1.29, 1.82) is 0 Å². The Hall–Kier alpha value is -1.35. The van der Waals surface area contributed by atoms with Gasteiger partial charge in [0, 0.05) is 24.8 Å². The van der Waals surface area contributed by atoms with E-state index in [9.17, 15) is 4.79 Å². The smallest absolute Gasteiger partial charge is 0.162 e. The van der Waals surface area contributed by atoms with Crippen LogP contribution in [0.3, 0.4) is 0 Å². The average Bonchev–Trinajstić information content (AvgIpc) is 2.86. The summed E-state index contributed by atoms with van der Waals surface area (Å²) in [6.45, 7) is 6.24. The molecule has 104 valence electrons. The van der Waals surface area contributed by atoms with Gasteiger partial charge in [-0.3, -0.25) is 4.79 Å². The molecule has 1 aliphatic rings. The number of quaternary nitrogens is 1. The summed E-state index contributed by atoms with van der Waals surface area (Å²) in [7, 11) is 2.30. The van der Waals surface area contributed by atoms with Crippen molar-refractivity contribution >= 4 is 5.78 Å². The monoisotopic (exact) mass is 262 g/mol. The van der Waals surface area contributed by atoms with Gasteiger partial charge in [0.1, 0.15) is 18.9 Å². The van der Waals surface area contributed by atoms with Crippen molar-refractivity contribution in [3.63, 3.8) is 0 Å². The molecule has 19 heavy (non-hydrogen) atoms. The van der Waals surface area contributed by atoms with Crippen LogP contribution in [0.2, 0.25) is 0 Å². The molecule has 0 bridgehead atoms. The number of nitrogens with zero attached hydrogens (tertiary/aromatic N) is 1. The highest BCUT2D eigenvalue weighted by Crippen LogP contribution is 2.17. The second kappa shape index (κ2) is 6.20. The molecule has 1 aromatic carbocycles. The second-order valence-electron chi connectivity index (χ2n) is 5.65. The number of benzene rings is 1. The van der Waals surface area contributed by atoms with Gasteiger partial charge in [-0.1, -0.05) is 6.92 Å². The van der Waals surface area contributed by atoms with Crippen LogP contribution in [0.4, 0.5) is 0 Å². The number of hydrogen-bond acceptors (Lipinski definition) is 2. The maximum atomic E-state index is 11.5. The van der Waals surface area contributed by atoms with Crippen molar-refractivity contribution in [1.82, 2.24) is 0 Å². The third-order valence-corrected chi connectivity index (χ3v) is 4.04. The minimum atomic E-state index is 0.182. The first kappa shape index (κ1) is 14.1. The first-order chi connectivity index (χ1) is 9.13. The van der Waals surface area contributed by atoms with Crippen molar-refractivity contribution in [3.8, 4) is 5.75 Å². The summed E-state index contributed by atoms with van der Waals surface area (Å²) in [6.07, 6.45) is 3.23. The van der Waals surface area contributed by atoms with Gasteiger partial charge in [0.2, 0.25) is 0 Å². The Morgan fingerprint density at radius 2 is 1.84 bits per heavy atom. The van der Waals surface area contributed by atoms with Crippen LogP contribution >= 0.6 is 0 Å². The van der Waals surface area contributed by atoms with E-state index in [1.54, 1.807) is 0 Å². The zero-order chi connectivity index (χ0) is 13.7. The fraction of sp³-hybridized carbons (Fsp3) is 0.562. The Kier molecular flexibility index (Phi) is 4.59. The number of rotatable bonds is 6. The van der Waals surface area contributed by atoms with E-state index in [4.69, 9.17) is 4.74 Å². The fourth-order valence-electron chi connectivity index (χ4n) is 2.65. The van der Waals surface area contributed by atoms with Crippen molar-refractivity contribution < 1.29 is 14.0 Å². The zero-order valence-corrected chi connectivity index (χ0v) is 12.0. The van der Waals surface area contributed by atoms with Crippen molar-refractivity contribution in [3.05, 3.63) is 29.8 Å². The van der Waals surface area contributed by atoms with Gasteiger partial charge in [0.25, 0.3) is 0 Å². The van der Waals surface area contributed by atoms with E-state index in [-0.39, 0.29) is 5.78 Å². The topological polar surface area (TPSA) is 26.3 Å². The largest absolute Gasteiger partial charge is 0.488 e. The Bertz CT molecular complexity index is 419. The number of carbonyl (C=O) groups is 1. The number of ketones is 1. The third-order valence-electron chi connectivity index (χ3n) is 4.04. The summed E-state index contributed by atoms with van der Waals surface area (Å²) < 4.78 is 6.91. The standard InChI is InChI=1S/C16H24NO2/c1-3-16(18)14-6-8-15(9-7-14)19-13-12-17(2)10-4-5-11-17/h6-9H,3-5,10-13H2,1-2H3/q+1. The number of likely N-dealkylation sites (tertiary alicyclic amines) is 1. The molecule has 0 saturated carbocycles. The van der Waals surface area contributed by atoms with Gasteiger partial charge in [-0.15, -0.1) is 0 Å². The van der Waals surface area contributed by atoms with E-state index in [1.165, 1.54) is 25.9 Å². The predicted octanol–water partition coefficient (Wildman–Crippen LogP) is 2.90. The third kappa shape index (κ3) is 3.80. The lowest BCUT2D eigenvalue weighted by Crippen LogP contribution is -2.43. The Morgan fingerprint density at radius 1 is 1.21 bits per heavy atom. The van der Waals surface area contributed by atoms with Gasteiger partial charge in [-0.2, -0.15) is 0 Å². The van der Waals surface area contributed by atoms with Gasteiger partial charge in [-0.05, 0) is 24.3 Å². The van der Waals surface area contributed by atoms with Crippen LogP contribution in [0, 0.1) is 0 Å².